The first-order valence-corrected chi connectivity index (χ1v) is 10.5. The maximum Gasteiger partial charge on any atom is 0.320 e. The molecule has 0 bridgehead atoms. The van der Waals surface area contributed by atoms with E-state index in [1.165, 1.54) is 16.7 Å². The van der Waals surface area contributed by atoms with Crippen LogP contribution < -0.4 is 0 Å². The Kier molecular flexibility index (Phi) is 4.84. The molecule has 2 amide bonds. The molecular formula is C24H26N2O3. The third-order valence-electron chi connectivity index (χ3n) is 6.52. The van der Waals surface area contributed by atoms with Crippen molar-refractivity contribution < 1.29 is 14.3 Å². The summed E-state index contributed by atoms with van der Waals surface area (Å²) in [5.74, 6) is 0.723. The van der Waals surface area contributed by atoms with Gasteiger partial charge in [0.25, 0.3) is 0 Å². The van der Waals surface area contributed by atoms with E-state index in [9.17, 15) is 9.59 Å². The molecule has 3 saturated heterocycles. The molecular weight excluding hydrogens is 364 g/mol. The van der Waals surface area contributed by atoms with Crippen LogP contribution in [0.15, 0.2) is 54.6 Å². The van der Waals surface area contributed by atoms with Crippen LogP contribution in [0.5, 0.6) is 0 Å². The Morgan fingerprint density at radius 2 is 1.62 bits per heavy atom. The van der Waals surface area contributed by atoms with Crippen molar-refractivity contribution in [2.45, 2.75) is 24.9 Å². The Labute approximate surface area is 171 Å². The lowest BCUT2D eigenvalue weighted by Gasteiger charge is -2.46. The number of ether oxygens (including phenoxy) is 1. The summed E-state index contributed by atoms with van der Waals surface area (Å²) in [6, 6.07) is 19.2. The van der Waals surface area contributed by atoms with Crippen molar-refractivity contribution in [1.82, 2.24) is 9.80 Å². The summed E-state index contributed by atoms with van der Waals surface area (Å²) in [5, 5.41) is 0. The second-order valence-corrected chi connectivity index (χ2v) is 8.46. The van der Waals surface area contributed by atoms with Crippen LogP contribution in [0.2, 0.25) is 0 Å². The number of Topliss-reactive ketones (excluding diaryl/α,β-unsaturated/α-hetero) is 1. The number of ketones is 1. The van der Waals surface area contributed by atoms with E-state index in [4.69, 9.17) is 4.74 Å². The molecule has 2 aromatic carbocycles. The lowest BCUT2D eigenvalue weighted by molar-refractivity contribution is -0.140. The number of carbonyl (C=O) groups excluding carboxylic acids is 2. The van der Waals surface area contributed by atoms with Gasteiger partial charge >= 0.3 is 6.03 Å². The first-order chi connectivity index (χ1) is 14.2. The van der Waals surface area contributed by atoms with Crippen LogP contribution in [-0.2, 0) is 9.53 Å². The number of piperidine rings is 1. The topological polar surface area (TPSA) is 49.9 Å². The summed E-state index contributed by atoms with van der Waals surface area (Å²) in [4.78, 5) is 28.4. The molecule has 0 unspecified atom stereocenters. The lowest BCUT2D eigenvalue weighted by atomic mass is 9.87. The normalized spacial score (nSPS) is 24.8. The van der Waals surface area contributed by atoms with Gasteiger partial charge in [0.1, 0.15) is 6.61 Å². The molecule has 3 heterocycles. The zero-order valence-corrected chi connectivity index (χ0v) is 16.5. The predicted octanol–water partition coefficient (Wildman–Crippen LogP) is 3.55. The number of fused-ring (bicyclic) bond motifs is 1. The van der Waals surface area contributed by atoms with E-state index in [0.29, 0.717) is 18.9 Å². The second-order valence-electron chi connectivity index (χ2n) is 8.46. The number of likely N-dealkylation sites (tertiary alicyclic amines) is 2. The van der Waals surface area contributed by atoms with Crippen LogP contribution >= 0.6 is 0 Å². The van der Waals surface area contributed by atoms with Crippen LogP contribution in [0.1, 0.15) is 24.3 Å². The molecule has 150 valence electrons. The molecule has 5 nitrogen and oxygen atoms in total. The van der Waals surface area contributed by atoms with Crippen molar-refractivity contribution in [2.75, 3.05) is 32.8 Å². The molecule has 0 aromatic heterocycles. The minimum atomic E-state index is 0.110. The summed E-state index contributed by atoms with van der Waals surface area (Å²) in [5.41, 5.74) is 3.73. The summed E-state index contributed by atoms with van der Waals surface area (Å²) < 4.78 is 5.64. The average molecular weight is 390 g/mol. The first-order valence-electron chi connectivity index (χ1n) is 10.5. The zero-order chi connectivity index (χ0) is 19.8. The minimum absolute atomic E-state index is 0.110. The molecule has 29 heavy (non-hydrogen) atoms. The Hall–Kier alpha value is -2.66. The fourth-order valence-electron chi connectivity index (χ4n) is 4.78. The quantitative estimate of drug-likeness (QED) is 0.788. The Morgan fingerprint density at radius 1 is 0.897 bits per heavy atom. The fourth-order valence-corrected chi connectivity index (χ4v) is 4.78. The molecule has 0 radical (unpaired) electrons. The largest absolute Gasteiger partial charge is 0.370 e. The van der Waals surface area contributed by atoms with Gasteiger partial charge in [0.15, 0.2) is 5.78 Å². The van der Waals surface area contributed by atoms with Gasteiger partial charge in [-0.1, -0.05) is 54.6 Å². The molecule has 5 heteroatoms. The van der Waals surface area contributed by atoms with E-state index in [1.807, 2.05) is 15.9 Å². The number of carbonyl (C=O) groups is 2. The molecule has 3 aliphatic heterocycles. The van der Waals surface area contributed by atoms with Crippen molar-refractivity contribution in [3.8, 4) is 11.1 Å². The van der Waals surface area contributed by atoms with Crippen molar-refractivity contribution >= 4 is 11.8 Å². The third-order valence-corrected chi connectivity index (χ3v) is 6.52. The van der Waals surface area contributed by atoms with Gasteiger partial charge in [0.2, 0.25) is 0 Å². The molecule has 0 N–H and O–H groups in total. The minimum Gasteiger partial charge on any atom is -0.370 e. The van der Waals surface area contributed by atoms with Crippen molar-refractivity contribution in [1.29, 1.82) is 0 Å². The number of amides is 2. The van der Waals surface area contributed by atoms with E-state index >= 15 is 0 Å². The number of hydrogen-bond donors (Lipinski definition) is 0. The Balaban J connectivity index is 1.17. The molecule has 5 rings (SSSR count). The fraction of sp³-hybridized carbons (Fsp3) is 0.417. The second kappa shape index (κ2) is 7.64. The highest BCUT2D eigenvalue weighted by Crippen LogP contribution is 2.32. The van der Waals surface area contributed by atoms with Crippen molar-refractivity contribution in [3.63, 3.8) is 0 Å². The van der Waals surface area contributed by atoms with Crippen LogP contribution in [0.3, 0.4) is 0 Å². The van der Waals surface area contributed by atoms with Crippen LogP contribution in [-0.4, -0.2) is 60.5 Å². The van der Waals surface area contributed by atoms with Gasteiger partial charge in [-0.05, 0) is 23.1 Å². The maximum absolute atomic E-state index is 12.9. The Bertz CT molecular complexity index is 890. The smallest absolute Gasteiger partial charge is 0.320 e. The number of rotatable bonds is 2. The molecule has 0 aliphatic carbocycles. The molecule has 0 saturated carbocycles. The van der Waals surface area contributed by atoms with Crippen LogP contribution in [0.25, 0.3) is 11.1 Å². The standard InChI is InChI=1S/C24H26N2O3/c27-22-12-20-13-25(11-10-23(20)29-16-22)24(28)26-14-21(15-26)19-8-6-18(7-9-19)17-4-2-1-3-5-17/h1-9,20-21,23H,10-16H2/t20-,23+/m1/s1. The van der Waals surface area contributed by atoms with Gasteiger partial charge in [-0.3, -0.25) is 4.79 Å². The van der Waals surface area contributed by atoms with Gasteiger partial charge in [0.05, 0.1) is 6.10 Å². The number of hydrogen-bond acceptors (Lipinski definition) is 3. The van der Waals surface area contributed by atoms with Gasteiger partial charge < -0.3 is 14.5 Å². The average Bonchev–Trinajstić information content (AvgIpc) is 2.73. The molecule has 3 fully saturated rings. The van der Waals surface area contributed by atoms with E-state index in [-0.39, 0.29) is 30.4 Å². The van der Waals surface area contributed by atoms with Crippen molar-refractivity contribution in [2.24, 2.45) is 5.92 Å². The van der Waals surface area contributed by atoms with Gasteiger partial charge in [0, 0.05) is 44.4 Å². The zero-order valence-electron chi connectivity index (χ0n) is 16.5. The number of urea groups is 1. The summed E-state index contributed by atoms with van der Waals surface area (Å²) in [6.07, 6.45) is 1.52. The predicted molar refractivity (Wildman–Crippen MR) is 111 cm³/mol. The lowest BCUT2D eigenvalue weighted by Crippen LogP contribution is -2.58. The molecule has 3 aliphatic rings. The van der Waals surface area contributed by atoms with Gasteiger partial charge in [-0.25, -0.2) is 4.79 Å². The third kappa shape index (κ3) is 3.67. The van der Waals surface area contributed by atoms with E-state index in [1.54, 1.807) is 0 Å². The Morgan fingerprint density at radius 3 is 2.38 bits per heavy atom. The summed E-state index contributed by atoms with van der Waals surface area (Å²) >= 11 is 0. The highest BCUT2D eigenvalue weighted by Gasteiger charge is 2.40. The maximum atomic E-state index is 12.9. The molecule has 0 spiro atoms. The van der Waals surface area contributed by atoms with Gasteiger partial charge in [-0.2, -0.15) is 0 Å². The highest BCUT2D eigenvalue weighted by molar-refractivity contribution is 5.81. The number of benzene rings is 2. The summed E-state index contributed by atoms with van der Waals surface area (Å²) in [7, 11) is 0. The van der Waals surface area contributed by atoms with Crippen molar-refractivity contribution in [3.05, 3.63) is 60.2 Å². The molecule has 2 aromatic rings. The first kappa shape index (κ1) is 18.4. The van der Waals surface area contributed by atoms with E-state index in [2.05, 4.69) is 48.5 Å². The number of nitrogens with zero attached hydrogens (tertiary/aromatic N) is 2. The van der Waals surface area contributed by atoms with E-state index in [0.717, 1.165) is 26.1 Å². The summed E-state index contributed by atoms with van der Waals surface area (Å²) in [6.45, 7) is 3.14. The molecule has 2 atom stereocenters. The van der Waals surface area contributed by atoms with Gasteiger partial charge in [-0.15, -0.1) is 0 Å². The SMILES string of the molecule is O=C1CO[C@H]2CCN(C(=O)N3CC(c4ccc(-c5ccccc5)cc4)C3)C[C@H]2C1. The van der Waals surface area contributed by atoms with Crippen LogP contribution in [0, 0.1) is 5.92 Å². The highest BCUT2D eigenvalue weighted by atomic mass is 16.5. The van der Waals surface area contributed by atoms with E-state index < -0.39 is 0 Å². The monoisotopic (exact) mass is 390 g/mol. The van der Waals surface area contributed by atoms with Crippen LogP contribution in [0.4, 0.5) is 4.79 Å².